The van der Waals surface area contributed by atoms with Gasteiger partial charge in [-0.15, -0.1) is 23.4 Å². The summed E-state index contributed by atoms with van der Waals surface area (Å²) < 4.78 is 51.0. The number of halogens is 5. The summed E-state index contributed by atoms with van der Waals surface area (Å²) in [4.78, 5) is 31.9. The lowest BCUT2D eigenvalue weighted by molar-refractivity contribution is -0.274. The third kappa shape index (κ3) is 9.31. The number of carbonyl (C=O) groups is 2. The number of benzene rings is 2. The van der Waals surface area contributed by atoms with Crippen LogP contribution in [0.4, 0.5) is 23.7 Å². The summed E-state index contributed by atoms with van der Waals surface area (Å²) in [5.74, 6) is -0.277. The van der Waals surface area contributed by atoms with E-state index in [1.807, 2.05) is 10.5 Å². The molecule has 14 nitrogen and oxygen atoms in total. The number of nitrogens with one attached hydrogen (secondary N) is 2. The lowest BCUT2D eigenvalue weighted by atomic mass is 10.2. The number of alkyl halides is 3. The highest BCUT2D eigenvalue weighted by Crippen LogP contribution is 2.34. The van der Waals surface area contributed by atoms with Gasteiger partial charge in [-0.2, -0.15) is 10.2 Å². The van der Waals surface area contributed by atoms with Gasteiger partial charge in [-0.1, -0.05) is 17.7 Å². The molecule has 1 atom stereocenters. The molecule has 3 aromatic heterocycles. The number of anilines is 1. The summed E-state index contributed by atoms with van der Waals surface area (Å²) >= 11 is 8.24. The van der Waals surface area contributed by atoms with Crippen molar-refractivity contribution >= 4 is 68.6 Å². The van der Waals surface area contributed by atoms with Gasteiger partial charge in [-0.05, 0) is 72.6 Å². The van der Waals surface area contributed by atoms with Gasteiger partial charge in [0.15, 0.2) is 5.82 Å². The van der Waals surface area contributed by atoms with Gasteiger partial charge in [-0.25, -0.2) is 14.2 Å². The van der Waals surface area contributed by atoms with Crippen molar-refractivity contribution in [3.05, 3.63) is 71.4 Å². The Bertz CT molecular complexity index is 1910. The molecular weight excluding hydrogens is 791 g/mol. The average Bonchev–Trinajstić information content (AvgIpc) is 3.76. The zero-order valence-electron chi connectivity index (χ0n) is 25.5. The number of hydrogen-bond acceptors (Lipinski definition) is 9. The maximum Gasteiger partial charge on any atom is 0.573 e. The van der Waals surface area contributed by atoms with Crippen molar-refractivity contribution in [1.82, 2.24) is 44.4 Å². The molecule has 0 saturated carbocycles. The molecule has 1 unspecified atom stereocenters. The average molecular weight is 819 g/mol. The summed E-state index contributed by atoms with van der Waals surface area (Å²) in [7, 11) is 0. The van der Waals surface area contributed by atoms with Crippen LogP contribution < -0.4 is 10.1 Å². The van der Waals surface area contributed by atoms with Crippen LogP contribution in [0.15, 0.2) is 49.2 Å². The summed E-state index contributed by atoms with van der Waals surface area (Å²) in [6.45, 7) is 5.19. The number of ether oxygens (including phenoxy) is 2. The molecule has 5 aromatic rings. The molecule has 2 amide bonds. The predicted molar refractivity (Wildman–Crippen MR) is 180 cm³/mol. The SMILES string of the molecule is CC(C)(C)OC(=O)N(CCc1n[nH]c(CC(=O)Nc2cc(-n3cnnc3)cc3c2cnn3PI)n1)Cc1ccc(OC(F)(F)F)c(Cl)c1. The number of fused-ring (bicyclic) bond motifs is 1. The summed E-state index contributed by atoms with van der Waals surface area (Å²) in [6.07, 6.45) is -0.360. The smallest absolute Gasteiger partial charge is 0.444 e. The maximum atomic E-state index is 13.1. The van der Waals surface area contributed by atoms with Crippen LogP contribution >= 0.6 is 40.0 Å². The molecule has 254 valence electrons. The molecule has 5 rings (SSSR count). The van der Waals surface area contributed by atoms with E-state index in [2.05, 4.69) is 62.6 Å². The normalized spacial score (nSPS) is 12.2. The van der Waals surface area contributed by atoms with E-state index in [0.29, 0.717) is 29.3 Å². The molecule has 48 heavy (non-hydrogen) atoms. The van der Waals surface area contributed by atoms with Gasteiger partial charge < -0.3 is 19.7 Å². The zero-order valence-corrected chi connectivity index (χ0v) is 29.5. The largest absolute Gasteiger partial charge is 0.573 e. The molecule has 0 spiro atoms. The molecule has 2 N–H and O–H groups in total. The second kappa shape index (κ2) is 14.6. The third-order valence-electron chi connectivity index (χ3n) is 6.50. The first-order chi connectivity index (χ1) is 22.7. The molecule has 0 bridgehead atoms. The Balaban J connectivity index is 1.26. The van der Waals surface area contributed by atoms with Crippen LogP contribution in [0.3, 0.4) is 0 Å². The fourth-order valence-electron chi connectivity index (χ4n) is 4.50. The first-order valence-corrected chi connectivity index (χ1v) is 18.6. The van der Waals surface area contributed by atoms with Gasteiger partial charge in [0.05, 0.1) is 40.9 Å². The molecule has 3 heterocycles. The Morgan fingerprint density at radius 2 is 1.90 bits per heavy atom. The first kappa shape index (κ1) is 35.3. The number of amides is 2. The monoisotopic (exact) mass is 818 g/mol. The topological polar surface area (TPSA) is 158 Å². The van der Waals surface area contributed by atoms with Crippen molar-refractivity contribution in [2.75, 3.05) is 11.9 Å². The van der Waals surface area contributed by atoms with Gasteiger partial charge in [0.1, 0.15) is 29.8 Å². The quantitative estimate of drug-likeness (QED) is 0.116. The van der Waals surface area contributed by atoms with E-state index in [1.54, 1.807) is 50.3 Å². The van der Waals surface area contributed by atoms with E-state index in [9.17, 15) is 22.8 Å². The fraction of sp³-hybridized carbons (Fsp3) is 0.321. The third-order valence-corrected chi connectivity index (χ3v) is 8.69. The molecule has 0 fully saturated rings. The highest BCUT2D eigenvalue weighted by molar-refractivity contribution is 14.2. The molecule has 0 radical (unpaired) electrons. The van der Waals surface area contributed by atoms with E-state index in [1.165, 1.54) is 17.0 Å². The number of H-pyrrole nitrogens is 1. The summed E-state index contributed by atoms with van der Waals surface area (Å²) in [5, 5.41) is 22.5. The molecule has 2 aromatic carbocycles. The lowest BCUT2D eigenvalue weighted by Gasteiger charge is -2.27. The lowest BCUT2D eigenvalue weighted by Crippen LogP contribution is -2.37. The highest BCUT2D eigenvalue weighted by Gasteiger charge is 2.32. The number of nitrogens with zero attached hydrogens (tertiary/aromatic N) is 8. The van der Waals surface area contributed by atoms with Gasteiger partial charge >= 0.3 is 12.5 Å². The maximum absolute atomic E-state index is 13.1. The number of aromatic amines is 1. The van der Waals surface area contributed by atoms with Crippen LogP contribution in [-0.4, -0.2) is 74.9 Å². The van der Waals surface area contributed by atoms with E-state index < -0.39 is 23.8 Å². The van der Waals surface area contributed by atoms with Crippen molar-refractivity contribution in [2.45, 2.75) is 52.1 Å². The summed E-state index contributed by atoms with van der Waals surface area (Å²) in [5.41, 5.74) is 1.75. The number of rotatable bonds is 11. The molecule has 0 saturated heterocycles. The fourth-order valence-corrected chi connectivity index (χ4v) is 6.28. The minimum Gasteiger partial charge on any atom is -0.444 e. The Morgan fingerprint density at radius 3 is 2.56 bits per heavy atom. The molecule has 0 aliphatic carbocycles. The van der Waals surface area contributed by atoms with Crippen LogP contribution in [0, 0.1) is 0 Å². The Kier molecular flexibility index (Phi) is 10.7. The first-order valence-electron chi connectivity index (χ1n) is 14.1. The van der Waals surface area contributed by atoms with E-state index in [4.69, 9.17) is 16.3 Å². The Labute approximate surface area is 291 Å². The number of carbonyl (C=O) groups excluding carboxylic acids is 2. The van der Waals surface area contributed by atoms with Crippen molar-refractivity contribution in [2.24, 2.45) is 0 Å². The van der Waals surface area contributed by atoms with Gasteiger partial charge in [0, 0.05) is 24.9 Å². The van der Waals surface area contributed by atoms with E-state index >= 15 is 0 Å². The molecule has 0 aliphatic heterocycles. The van der Waals surface area contributed by atoms with Crippen molar-refractivity contribution in [3.8, 4) is 11.4 Å². The molecule has 20 heteroatoms. The van der Waals surface area contributed by atoms with Crippen molar-refractivity contribution in [1.29, 1.82) is 0 Å². The highest BCUT2D eigenvalue weighted by atomic mass is 127. The van der Waals surface area contributed by atoms with Gasteiger partial charge in [0.2, 0.25) is 5.91 Å². The van der Waals surface area contributed by atoms with Crippen LogP contribution in [-0.2, 0) is 28.9 Å². The van der Waals surface area contributed by atoms with E-state index in [0.717, 1.165) is 22.7 Å². The molecule has 0 aliphatic rings. The number of hydrogen-bond donors (Lipinski definition) is 2. The van der Waals surface area contributed by atoms with Crippen LogP contribution in [0.2, 0.25) is 5.02 Å². The minimum atomic E-state index is -4.90. The predicted octanol–water partition coefficient (Wildman–Crippen LogP) is 6.24. The summed E-state index contributed by atoms with van der Waals surface area (Å²) in [6, 6.07) is 7.47. The van der Waals surface area contributed by atoms with Crippen LogP contribution in [0.5, 0.6) is 5.75 Å². The Morgan fingerprint density at radius 1 is 1.15 bits per heavy atom. The van der Waals surface area contributed by atoms with Crippen molar-refractivity contribution in [3.63, 3.8) is 0 Å². The standard InChI is InChI=1S/C28H28ClF3IN10O4P/c1-27(2,3)47-26(45)41(13-16-4-5-22(19(29)8-16)46-28(30,31)32)7-6-23-38-24(40-39-23)11-25(44)37-20-9-17(42-14-34-35-15-42)10-21-18(20)12-36-43(21)48-33/h4-5,8-10,12,14-15,48H,6-7,11,13H2,1-3H3,(H,37,44)(H,38,39,40). The van der Waals surface area contributed by atoms with Gasteiger partial charge in [0.25, 0.3) is 0 Å². The second-order valence-electron chi connectivity index (χ2n) is 11.3. The van der Waals surface area contributed by atoms with Crippen molar-refractivity contribution < 1.29 is 32.2 Å². The van der Waals surface area contributed by atoms with Gasteiger partial charge in [-0.3, -0.25) is 14.5 Å². The van der Waals surface area contributed by atoms with Crippen LogP contribution in [0.1, 0.15) is 38.0 Å². The minimum absolute atomic E-state index is 0.0298. The van der Waals surface area contributed by atoms with E-state index in [-0.39, 0.29) is 36.9 Å². The Hall–Kier alpha value is -4.03. The molecular formula is C28H28ClF3IN10O4P. The second-order valence-corrected chi connectivity index (χ2v) is 13.8. The number of aromatic nitrogens is 8. The van der Waals surface area contributed by atoms with Crippen LogP contribution in [0.25, 0.3) is 16.6 Å². The zero-order chi connectivity index (χ0) is 34.6.